The Hall–Kier alpha value is -0.121. The number of ether oxygens (including phenoxy) is 2. The first kappa shape index (κ1) is 24.9. The molecular formula is C19H31O4SiU-. The van der Waals surface area contributed by atoms with E-state index in [1.165, 1.54) is 0 Å². The van der Waals surface area contributed by atoms with E-state index in [0.717, 1.165) is 6.42 Å². The van der Waals surface area contributed by atoms with Crippen LogP contribution in [0.5, 0.6) is 0 Å². The first-order valence-electron chi connectivity index (χ1n) is 8.50. The summed E-state index contributed by atoms with van der Waals surface area (Å²) < 4.78 is 17.0. The molecule has 6 heteroatoms. The van der Waals surface area contributed by atoms with Crippen molar-refractivity contribution < 1.29 is 49.8 Å². The molecule has 0 fully saturated rings. The van der Waals surface area contributed by atoms with Crippen molar-refractivity contribution in [2.45, 2.75) is 58.4 Å². The number of carbonyl (C=O) groups excluding carboxylic acids is 1. The van der Waals surface area contributed by atoms with Crippen LogP contribution in [0.4, 0.5) is 0 Å². The van der Waals surface area contributed by atoms with E-state index in [4.69, 9.17) is 13.9 Å². The Morgan fingerprint density at radius 3 is 2.32 bits per heavy atom. The molecule has 0 N–H and O–H groups in total. The molecule has 4 nitrogen and oxygen atoms in total. The van der Waals surface area contributed by atoms with Gasteiger partial charge in [-0.1, -0.05) is 45.9 Å². The van der Waals surface area contributed by atoms with E-state index in [1.807, 2.05) is 18.2 Å². The molecule has 25 heavy (non-hydrogen) atoms. The molecule has 0 aliphatic carbocycles. The number of benzene rings is 1. The Kier molecular flexibility index (Phi) is 11.5. The van der Waals surface area contributed by atoms with E-state index in [0.29, 0.717) is 12.2 Å². The van der Waals surface area contributed by atoms with Crippen LogP contribution < -0.4 is 0 Å². The smallest absolute Gasteiger partial charge is 0.335 e. The van der Waals surface area contributed by atoms with Crippen LogP contribution in [-0.2, 0) is 13.9 Å². The third-order valence-electron chi connectivity index (χ3n) is 4.47. The molecule has 0 unspecified atom stereocenters. The van der Waals surface area contributed by atoms with Gasteiger partial charge in [-0.25, -0.2) is 4.79 Å². The maximum atomic E-state index is 11.8. The molecule has 0 aliphatic heterocycles. The molecule has 1 atom stereocenters. The van der Waals surface area contributed by atoms with Crippen molar-refractivity contribution in [2.75, 3.05) is 13.2 Å². The first-order valence-corrected chi connectivity index (χ1v) is 11.4. The number of rotatable bonds is 9. The van der Waals surface area contributed by atoms with Gasteiger partial charge in [0.15, 0.2) is 8.32 Å². The van der Waals surface area contributed by atoms with Gasteiger partial charge in [-0.3, -0.25) is 0 Å². The average molecular weight is 590 g/mol. The second kappa shape index (κ2) is 11.6. The summed E-state index contributed by atoms with van der Waals surface area (Å²) in [6, 6.07) is 8.93. The van der Waals surface area contributed by atoms with Crippen molar-refractivity contribution in [1.29, 1.82) is 0 Å². The SMILES string of the molecule is CC[C@H](CO[Si](C)(C)C(C)(C)C)O[CH-]COC(=O)c1ccccc1.[U]. The van der Waals surface area contributed by atoms with E-state index >= 15 is 0 Å². The first-order chi connectivity index (χ1) is 11.2. The third-order valence-corrected chi connectivity index (χ3v) is 8.97. The van der Waals surface area contributed by atoms with Gasteiger partial charge < -0.3 is 13.9 Å². The number of esters is 1. The molecule has 0 spiro atoms. The van der Waals surface area contributed by atoms with Crippen LogP contribution in [0.3, 0.4) is 0 Å². The van der Waals surface area contributed by atoms with E-state index in [-0.39, 0.29) is 54.8 Å². The zero-order chi connectivity index (χ0) is 18.2. The van der Waals surface area contributed by atoms with Crippen LogP contribution >= 0.6 is 0 Å². The standard InChI is InChI=1S/C19H31O4Si.U/c1-7-17(15-23-24(5,6)19(2,3)4)21-13-14-22-18(20)16-11-9-8-10-12-16;/h8-13,17H,7,14-15H2,1-6H3;/q-1;/t17-;/m1./s1. The predicted molar refractivity (Wildman–Crippen MR) is 99.3 cm³/mol. The van der Waals surface area contributed by atoms with Crippen molar-refractivity contribution >= 4 is 14.3 Å². The summed E-state index contributed by atoms with van der Waals surface area (Å²) in [6.45, 7) is 15.4. The van der Waals surface area contributed by atoms with E-state index in [2.05, 4.69) is 40.8 Å². The molecule has 140 valence electrons. The van der Waals surface area contributed by atoms with Crippen molar-refractivity contribution in [3.8, 4) is 0 Å². The fourth-order valence-corrected chi connectivity index (χ4v) is 2.75. The fourth-order valence-electron chi connectivity index (χ4n) is 1.71. The zero-order valence-electron chi connectivity index (χ0n) is 16.3. The minimum absolute atomic E-state index is 0. The van der Waals surface area contributed by atoms with Gasteiger partial charge in [-0.15, -0.1) is 0 Å². The Morgan fingerprint density at radius 2 is 1.80 bits per heavy atom. The van der Waals surface area contributed by atoms with Gasteiger partial charge >= 0.3 is 5.97 Å². The molecule has 0 radical (unpaired) electrons. The van der Waals surface area contributed by atoms with Gasteiger partial charge in [0.05, 0.1) is 12.2 Å². The average Bonchev–Trinajstić information content (AvgIpc) is 2.53. The van der Waals surface area contributed by atoms with Gasteiger partial charge in [0, 0.05) is 37.2 Å². The minimum Gasteiger partial charge on any atom is -0.545 e. The molecule has 0 saturated carbocycles. The summed E-state index contributed by atoms with van der Waals surface area (Å²) in [5.74, 6) is -0.346. The van der Waals surface area contributed by atoms with Crippen molar-refractivity contribution in [3.63, 3.8) is 0 Å². The number of hydrogen-bond acceptors (Lipinski definition) is 4. The van der Waals surface area contributed by atoms with Crippen LogP contribution in [0.1, 0.15) is 44.5 Å². The molecular weight excluding hydrogens is 558 g/mol. The van der Waals surface area contributed by atoms with E-state index < -0.39 is 8.32 Å². The van der Waals surface area contributed by atoms with Crippen molar-refractivity contribution in [1.82, 2.24) is 0 Å². The molecule has 0 aliphatic rings. The molecule has 0 saturated heterocycles. The molecule has 0 bridgehead atoms. The molecule has 1 aromatic rings. The van der Waals surface area contributed by atoms with E-state index in [1.54, 1.807) is 18.7 Å². The maximum absolute atomic E-state index is 11.8. The normalized spacial score (nSPS) is 13.0. The minimum atomic E-state index is -1.77. The fraction of sp³-hybridized carbons (Fsp3) is 0.579. The summed E-state index contributed by atoms with van der Waals surface area (Å²) in [5.41, 5.74) is 0.541. The summed E-state index contributed by atoms with van der Waals surface area (Å²) in [6.07, 6.45) is 0.826. The summed E-state index contributed by atoms with van der Waals surface area (Å²) >= 11 is 0. The molecule has 1 rings (SSSR count). The second-order valence-electron chi connectivity index (χ2n) is 7.37. The quantitative estimate of drug-likeness (QED) is 0.179. The van der Waals surface area contributed by atoms with Crippen molar-refractivity contribution in [3.05, 3.63) is 42.5 Å². The topological polar surface area (TPSA) is 44.8 Å². The van der Waals surface area contributed by atoms with Gasteiger partial charge in [0.25, 0.3) is 0 Å². The van der Waals surface area contributed by atoms with Gasteiger partial charge in [-0.05, 0) is 43.3 Å². The second-order valence-corrected chi connectivity index (χ2v) is 12.2. The van der Waals surface area contributed by atoms with E-state index in [9.17, 15) is 4.79 Å². The molecule has 0 amide bonds. The summed E-state index contributed by atoms with van der Waals surface area (Å²) in [7, 11) is -1.77. The number of hydrogen-bond donors (Lipinski definition) is 0. The van der Waals surface area contributed by atoms with Gasteiger partial charge in [0.2, 0.25) is 0 Å². The predicted octanol–water partition coefficient (Wildman–Crippen LogP) is 4.82. The Labute approximate surface area is 177 Å². The van der Waals surface area contributed by atoms with Crippen LogP contribution in [0.15, 0.2) is 30.3 Å². The summed E-state index contributed by atoms with van der Waals surface area (Å²) in [5, 5.41) is 0.181. The molecule has 1 aromatic carbocycles. The molecule has 0 heterocycles. The molecule has 0 aromatic heterocycles. The van der Waals surface area contributed by atoms with Crippen LogP contribution in [0.2, 0.25) is 18.1 Å². The van der Waals surface area contributed by atoms with Crippen LogP contribution in [-0.4, -0.2) is 33.6 Å². The van der Waals surface area contributed by atoms with Crippen LogP contribution in [0.25, 0.3) is 0 Å². The largest absolute Gasteiger partial charge is 0.545 e. The van der Waals surface area contributed by atoms with Gasteiger partial charge in [0.1, 0.15) is 0 Å². The van der Waals surface area contributed by atoms with Crippen LogP contribution in [0, 0.1) is 37.7 Å². The summed E-state index contributed by atoms with van der Waals surface area (Å²) in [4.78, 5) is 11.8. The Bertz CT molecular complexity index is 500. The van der Waals surface area contributed by atoms with Gasteiger partial charge in [-0.2, -0.15) is 6.61 Å². The Morgan fingerprint density at radius 1 is 1.20 bits per heavy atom. The van der Waals surface area contributed by atoms with Crippen molar-refractivity contribution in [2.24, 2.45) is 0 Å². The monoisotopic (exact) mass is 589 g/mol. The maximum Gasteiger partial charge on any atom is 0.335 e. The number of carbonyl (C=O) groups is 1. The zero-order valence-corrected chi connectivity index (χ0v) is 21.5. The third kappa shape index (κ3) is 8.88. The Balaban J connectivity index is 0.00000576.